The maximum Gasteiger partial charge on any atom is 0.153 e. The van der Waals surface area contributed by atoms with Crippen molar-refractivity contribution in [3.8, 4) is 5.75 Å². The molecule has 0 saturated carbocycles. The summed E-state index contributed by atoms with van der Waals surface area (Å²) in [5.41, 5.74) is 6.86. The third-order valence-corrected chi connectivity index (χ3v) is 1.91. The normalized spacial score (nSPS) is 10.5. The molecular formula is C12H15NO2. The molecule has 0 heterocycles. The van der Waals surface area contributed by atoms with E-state index in [1.165, 1.54) is 0 Å². The van der Waals surface area contributed by atoms with Gasteiger partial charge >= 0.3 is 0 Å². The minimum absolute atomic E-state index is 0.490. The predicted octanol–water partition coefficient (Wildman–Crippen LogP) is 1.87. The van der Waals surface area contributed by atoms with Gasteiger partial charge in [0.2, 0.25) is 0 Å². The van der Waals surface area contributed by atoms with E-state index >= 15 is 0 Å². The number of hydrogen-bond donors (Lipinski definition) is 1. The van der Waals surface area contributed by atoms with Crippen molar-refractivity contribution in [3.05, 3.63) is 35.4 Å². The lowest BCUT2D eigenvalue weighted by Gasteiger charge is -2.06. The van der Waals surface area contributed by atoms with E-state index in [0.29, 0.717) is 24.5 Å². The largest absolute Gasteiger partial charge is 0.493 e. The van der Waals surface area contributed by atoms with Crippen LogP contribution in [0.3, 0.4) is 0 Å². The number of hydrogen-bond acceptors (Lipinski definition) is 3. The standard InChI is InChI=1S/C12H15NO2/c1-2-15-12-6-5-10(4-3-7-13)8-11(12)9-14/h3-6,8-9H,2,7,13H2,1H3. The van der Waals surface area contributed by atoms with E-state index in [4.69, 9.17) is 10.5 Å². The Labute approximate surface area is 89.5 Å². The summed E-state index contributed by atoms with van der Waals surface area (Å²) in [7, 11) is 0. The summed E-state index contributed by atoms with van der Waals surface area (Å²) in [4.78, 5) is 10.8. The van der Waals surface area contributed by atoms with Crippen molar-refractivity contribution < 1.29 is 9.53 Å². The molecule has 3 heteroatoms. The van der Waals surface area contributed by atoms with Gasteiger partial charge in [0.05, 0.1) is 12.2 Å². The number of ether oxygens (including phenoxy) is 1. The van der Waals surface area contributed by atoms with E-state index in [2.05, 4.69) is 0 Å². The van der Waals surface area contributed by atoms with Gasteiger partial charge in [-0.3, -0.25) is 4.79 Å². The maximum absolute atomic E-state index is 10.8. The Morgan fingerprint density at radius 3 is 2.87 bits per heavy atom. The third kappa shape index (κ3) is 3.22. The number of carbonyl (C=O) groups is 1. The number of nitrogens with two attached hydrogens (primary N) is 1. The zero-order valence-electron chi connectivity index (χ0n) is 8.77. The summed E-state index contributed by atoms with van der Waals surface area (Å²) in [6, 6.07) is 5.47. The summed E-state index contributed by atoms with van der Waals surface area (Å²) in [5, 5.41) is 0. The monoisotopic (exact) mass is 205 g/mol. The van der Waals surface area contributed by atoms with Gasteiger partial charge in [-0.1, -0.05) is 18.2 Å². The van der Waals surface area contributed by atoms with Crippen molar-refractivity contribution in [2.45, 2.75) is 6.92 Å². The van der Waals surface area contributed by atoms with E-state index in [1.54, 1.807) is 12.1 Å². The van der Waals surface area contributed by atoms with Gasteiger partial charge in [0.25, 0.3) is 0 Å². The molecule has 0 bridgehead atoms. The molecule has 1 aromatic carbocycles. The Hall–Kier alpha value is -1.61. The number of benzene rings is 1. The van der Waals surface area contributed by atoms with Gasteiger partial charge in [0.15, 0.2) is 6.29 Å². The quantitative estimate of drug-likeness (QED) is 0.746. The average molecular weight is 205 g/mol. The summed E-state index contributed by atoms with van der Waals surface area (Å²) in [6.07, 6.45) is 4.51. The van der Waals surface area contributed by atoms with Gasteiger partial charge in [0.1, 0.15) is 5.75 Å². The highest BCUT2D eigenvalue weighted by atomic mass is 16.5. The maximum atomic E-state index is 10.8. The van der Waals surface area contributed by atoms with Crippen LogP contribution >= 0.6 is 0 Å². The minimum atomic E-state index is 0.490. The van der Waals surface area contributed by atoms with E-state index in [0.717, 1.165) is 11.8 Å². The van der Waals surface area contributed by atoms with Crippen LogP contribution in [0.5, 0.6) is 5.75 Å². The first-order valence-electron chi connectivity index (χ1n) is 4.90. The lowest BCUT2D eigenvalue weighted by molar-refractivity contribution is 0.112. The van der Waals surface area contributed by atoms with Gasteiger partial charge in [-0.2, -0.15) is 0 Å². The molecule has 0 atom stereocenters. The van der Waals surface area contributed by atoms with Gasteiger partial charge in [-0.05, 0) is 24.6 Å². The highest BCUT2D eigenvalue weighted by molar-refractivity contribution is 5.80. The molecule has 0 radical (unpaired) electrons. The van der Waals surface area contributed by atoms with Crippen LogP contribution in [0.1, 0.15) is 22.8 Å². The second-order valence-corrected chi connectivity index (χ2v) is 2.99. The van der Waals surface area contributed by atoms with Gasteiger partial charge < -0.3 is 10.5 Å². The van der Waals surface area contributed by atoms with Crippen molar-refractivity contribution in [1.82, 2.24) is 0 Å². The van der Waals surface area contributed by atoms with Gasteiger partial charge in [-0.25, -0.2) is 0 Å². The molecule has 0 amide bonds. The number of carbonyl (C=O) groups excluding carboxylic acids is 1. The SMILES string of the molecule is CCOc1ccc(C=CCN)cc1C=O. The average Bonchev–Trinajstić information content (AvgIpc) is 2.28. The van der Waals surface area contributed by atoms with Crippen LogP contribution in [0.15, 0.2) is 24.3 Å². The zero-order valence-corrected chi connectivity index (χ0v) is 8.77. The van der Waals surface area contributed by atoms with Crippen LogP contribution in [0.25, 0.3) is 6.08 Å². The number of rotatable bonds is 5. The highest BCUT2D eigenvalue weighted by Gasteiger charge is 2.02. The van der Waals surface area contributed by atoms with Crippen molar-refractivity contribution in [3.63, 3.8) is 0 Å². The number of aldehydes is 1. The van der Waals surface area contributed by atoms with Crippen LogP contribution < -0.4 is 10.5 Å². The molecule has 0 saturated heterocycles. The van der Waals surface area contributed by atoms with Crippen LogP contribution in [0.2, 0.25) is 0 Å². The molecule has 15 heavy (non-hydrogen) atoms. The lowest BCUT2D eigenvalue weighted by atomic mass is 10.1. The zero-order chi connectivity index (χ0) is 11.1. The Balaban J connectivity index is 2.96. The summed E-state index contributed by atoms with van der Waals surface area (Å²) in [5.74, 6) is 0.623. The minimum Gasteiger partial charge on any atom is -0.493 e. The van der Waals surface area contributed by atoms with E-state index < -0.39 is 0 Å². The van der Waals surface area contributed by atoms with Crippen molar-refractivity contribution in [1.29, 1.82) is 0 Å². The third-order valence-electron chi connectivity index (χ3n) is 1.91. The van der Waals surface area contributed by atoms with Gasteiger partial charge in [0, 0.05) is 6.54 Å². The molecule has 3 nitrogen and oxygen atoms in total. The molecule has 0 aromatic heterocycles. The topological polar surface area (TPSA) is 52.3 Å². The van der Waals surface area contributed by atoms with Crippen LogP contribution in [-0.2, 0) is 0 Å². The molecule has 0 spiro atoms. The molecule has 0 aliphatic heterocycles. The molecule has 1 rings (SSSR count). The Morgan fingerprint density at radius 1 is 1.47 bits per heavy atom. The first kappa shape index (κ1) is 11.5. The summed E-state index contributed by atoms with van der Waals surface area (Å²) < 4.78 is 5.31. The van der Waals surface area contributed by atoms with Crippen molar-refractivity contribution in [2.75, 3.05) is 13.2 Å². The molecule has 0 unspecified atom stereocenters. The molecule has 2 N–H and O–H groups in total. The first-order chi connectivity index (χ1) is 7.31. The fourth-order valence-electron chi connectivity index (χ4n) is 1.25. The fourth-order valence-corrected chi connectivity index (χ4v) is 1.25. The van der Waals surface area contributed by atoms with E-state index in [-0.39, 0.29) is 0 Å². The van der Waals surface area contributed by atoms with Crippen molar-refractivity contribution in [2.24, 2.45) is 5.73 Å². The first-order valence-corrected chi connectivity index (χ1v) is 4.90. The van der Waals surface area contributed by atoms with E-state index in [1.807, 2.05) is 25.1 Å². The Kier molecular flexibility index (Phi) is 4.57. The summed E-state index contributed by atoms with van der Waals surface area (Å²) in [6.45, 7) is 2.93. The summed E-state index contributed by atoms with van der Waals surface area (Å²) >= 11 is 0. The van der Waals surface area contributed by atoms with Crippen LogP contribution in [0.4, 0.5) is 0 Å². The van der Waals surface area contributed by atoms with Gasteiger partial charge in [-0.15, -0.1) is 0 Å². The molecule has 80 valence electrons. The Bertz CT molecular complexity index is 359. The highest BCUT2D eigenvalue weighted by Crippen LogP contribution is 2.19. The molecule has 0 aliphatic carbocycles. The predicted molar refractivity (Wildman–Crippen MR) is 61.1 cm³/mol. The van der Waals surface area contributed by atoms with Crippen LogP contribution in [0, 0.1) is 0 Å². The smallest absolute Gasteiger partial charge is 0.153 e. The van der Waals surface area contributed by atoms with Crippen LogP contribution in [-0.4, -0.2) is 19.4 Å². The molecule has 1 aromatic rings. The molecule has 0 aliphatic rings. The van der Waals surface area contributed by atoms with E-state index in [9.17, 15) is 4.79 Å². The lowest BCUT2D eigenvalue weighted by Crippen LogP contribution is -1.96. The molecule has 0 fully saturated rings. The Morgan fingerprint density at radius 2 is 2.27 bits per heavy atom. The second-order valence-electron chi connectivity index (χ2n) is 2.99. The fraction of sp³-hybridized carbons (Fsp3) is 0.250. The second kappa shape index (κ2) is 5.98. The van der Waals surface area contributed by atoms with Crippen molar-refractivity contribution >= 4 is 12.4 Å². The molecular weight excluding hydrogens is 190 g/mol.